The van der Waals surface area contributed by atoms with Crippen LogP contribution in [0.25, 0.3) is 11.3 Å². The second kappa shape index (κ2) is 6.51. The van der Waals surface area contributed by atoms with Gasteiger partial charge in [-0.25, -0.2) is 0 Å². The van der Waals surface area contributed by atoms with Gasteiger partial charge < -0.3 is 0 Å². The van der Waals surface area contributed by atoms with Crippen LogP contribution in [-0.2, 0) is 0 Å². The van der Waals surface area contributed by atoms with Gasteiger partial charge in [-0.3, -0.25) is 4.98 Å². The SMILES string of the molecule is CC(C)(C)[P+](c1cccc(-c2ccccn2)c1)(C(C)(C)C)C(C)(C)C. The van der Waals surface area contributed by atoms with Crippen LogP contribution < -0.4 is 5.30 Å². The minimum Gasteiger partial charge on any atom is -0.256 e. The van der Waals surface area contributed by atoms with Gasteiger partial charge in [0.1, 0.15) is 0 Å². The number of rotatable bonds is 2. The monoisotopic (exact) mass is 356 g/mol. The van der Waals surface area contributed by atoms with E-state index in [1.807, 2.05) is 12.3 Å². The van der Waals surface area contributed by atoms with Gasteiger partial charge >= 0.3 is 0 Å². The fourth-order valence-corrected chi connectivity index (χ4v) is 14.6. The van der Waals surface area contributed by atoms with E-state index in [1.54, 1.807) is 0 Å². The van der Waals surface area contributed by atoms with E-state index >= 15 is 0 Å². The molecule has 0 aliphatic carbocycles. The predicted octanol–water partition coefficient (Wildman–Crippen LogP) is 6.79. The first-order valence-corrected chi connectivity index (χ1v) is 11.0. The van der Waals surface area contributed by atoms with Crippen LogP contribution in [0, 0.1) is 0 Å². The number of hydrogen-bond acceptors (Lipinski definition) is 1. The Morgan fingerprint density at radius 1 is 0.680 bits per heavy atom. The van der Waals surface area contributed by atoms with Crippen molar-refractivity contribution >= 4 is 12.6 Å². The van der Waals surface area contributed by atoms with Crippen molar-refractivity contribution in [3.8, 4) is 11.3 Å². The Balaban J connectivity index is 2.81. The molecule has 0 fully saturated rings. The molecule has 2 heteroatoms. The van der Waals surface area contributed by atoms with Crippen LogP contribution >= 0.6 is 7.26 Å². The van der Waals surface area contributed by atoms with Crippen LogP contribution in [0.4, 0.5) is 0 Å². The van der Waals surface area contributed by atoms with Gasteiger partial charge in [-0.2, -0.15) is 0 Å². The van der Waals surface area contributed by atoms with Gasteiger partial charge in [0.15, 0.2) is 0 Å². The molecule has 0 spiro atoms. The largest absolute Gasteiger partial charge is 0.256 e. The lowest BCUT2D eigenvalue weighted by Crippen LogP contribution is -2.49. The molecule has 0 aliphatic rings. The zero-order valence-electron chi connectivity index (χ0n) is 17.5. The first-order valence-electron chi connectivity index (χ1n) is 9.24. The fraction of sp³-hybridized carbons (Fsp3) is 0.522. The van der Waals surface area contributed by atoms with Crippen LogP contribution in [0.1, 0.15) is 62.3 Å². The van der Waals surface area contributed by atoms with Crippen molar-refractivity contribution in [2.24, 2.45) is 0 Å². The highest BCUT2D eigenvalue weighted by atomic mass is 31.2. The van der Waals surface area contributed by atoms with Crippen molar-refractivity contribution < 1.29 is 0 Å². The molecule has 2 rings (SSSR count). The average molecular weight is 357 g/mol. The predicted molar refractivity (Wildman–Crippen MR) is 115 cm³/mol. The van der Waals surface area contributed by atoms with Crippen LogP contribution in [0.15, 0.2) is 48.7 Å². The molecule has 0 radical (unpaired) electrons. The molecule has 0 unspecified atom stereocenters. The molecule has 1 aromatic carbocycles. The Bertz CT molecular complexity index is 676. The summed E-state index contributed by atoms with van der Waals surface area (Å²) >= 11 is 0. The summed E-state index contributed by atoms with van der Waals surface area (Å²) in [5, 5.41) is 2.16. The summed E-state index contributed by atoms with van der Waals surface area (Å²) in [6.07, 6.45) is 1.88. The molecule has 2 aromatic rings. The van der Waals surface area contributed by atoms with E-state index in [0.29, 0.717) is 0 Å². The Labute approximate surface area is 155 Å². The summed E-state index contributed by atoms with van der Waals surface area (Å²) in [7, 11) is -1.58. The average Bonchev–Trinajstić information content (AvgIpc) is 2.44. The van der Waals surface area contributed by atoms with Crippen molar-refractivity contribution in [1.82, 2.24) is 4.98 Å². The van der Waals surface area contributed by atoms with Gasteiger partial charge in [-0.15, -0.1) is 0 Å². The molecule has 0 saturated carbocycles. The van der Waals surface area contributed by atoms with E-state index in [-0.39, 0.29) is 15.5 Å². The first kappa shape index (κ1) is 20.1. The molecule has 0 saturated heterocycles. The molecule has 0 bridgehead atoms. The topological polar surface area (TPSA) is 12.9 Å². The lowest BCUT2D eigenvalue weighted by atomic mass is 10.1. The lowest BCUT2D eigenvalue weighted by Gasteiger charge is -2.54. The zero-order valence-corrected chi connectivity index (χ0v) is 18.4. The Hall–Kier alpha value is -1.20. The standard InChI is InChI=1S/C23H35NP/c1-21(2,3)25(22(4,5)6,23(7,8)9)19-14-12-13-18(17-19)20-15-10-11-16-24-20/h10-17H,1-9H3/q+1. The molecular formula is C23H35NP+. The Morgan fingerprint density at radius 2 is 1.24 bits per heavy atom. The molecule has 1 heterocycles. The molecule has 1 nitrogen and oxygen atoms in total. The maximum absolute atomic E-state index is 4.57. The summed E-state index contributed by atoms with van der Waals surface area (Å²) in [5.74, 6) is 0. The van der Waals surface area contributed by atoms with Gasteiger partial charge in [-0.05, 0) is 86.6 Å². The van der Waals surface area contributed by atoms with Crippen LogP contribution in [0.5, 0.6) is 0 Å². The summed E-state index contributed by atoms with van der Waals surface area (Å²) in [6, 6.07) is 15.3. The third kappa shape index (κ3) is 3.41. The Morgan fingerprint density at radius 3 is 1.68 bits per heavy atom. The minimum atomic E-state index is -1.58. The highest BCUT2D eigenvalue weighted by Gasteiger charge is 2.65. The van der Waals surface area contributed by atoms with E-state index in [4.69, 9.17) is 0 Å². The summed E-state index contributed by atoms with van der Waals surface area (Å²) < 4.78 is 0. The summed E-state index contributed by atoms with van der Waals surface area (Å²) in [6.45, 7) is 21.9. The smallest absolute Gasteiger partial charge is 0.0962 e. The van der Waals surface area contributed by atoms with E-state index in [9.17, 15) is 0 Å². The van der Waals surface area contributed by atoms with E-state index in [2.05, 4.69) is 104 Å². The van der Waals surface area contributed by atoms with Crippen LogP contribution in [0.2, 0.25) is 0 Å². The van der Waals surface area contributed by atoms with Crippen molar-refractivity contribution in [3.05, 3.63) is 48.7 Å². The quantitative estimate of drug-likeness (QED) is 0.540. The van der Waals surface area contributed by atoms with Crippen LogP contribution in [-0.4, -0.2) is 20.5 Å². The summed E-state index contributed by atoms with van der Waals surface area (Å²) in [5.41, 5.74) is 2.28. The number of pyridine rings is 1. The third-order valence-electron chi connectivity index (χ3n) is 5.21. The van der Waals surface area contributed by atoms with E-state index in [0.717, 1.165) is 5.69 Å². The maximum Gasteiger partial charge on any atom is 0.0962 e. The number of nitrogens with zero attached hydrogens (tertiary/aromatic N) is 1. The number of aromatic nitrogens is 1. The maximum atomic E-state index is 4.57. The highest BCUT2D eigenvalue weighted by Crippen LogP contribution is 2.82. The van der Waals surface area contributed by atoms with Crippen molar-refractivity contribution in [2.45, 2.75) is 77.8 Å². The number of benzene rings is 1. The fourth-order valence-electron chi connectivity index (χ4n) is 5.59. The van der Waals surface area contributed by atoms with Crippen LogP contribution in [0.3, 0.4) is 0 Å². The van der Waals surface area contributed by atoms with Crippen molar-refractivity contribution in [1.29, 1.82) is 0 Å². The molecule has 0 N–H and O–H groups in total. The van der Waals surface area contributed by atoms with Gasteiger partial charge in [0.05, 0.1) is 33.7 Å². The second-order valence-corrected chi connectivity index (χ2v) is 15.8. The third-order valence-corrected chi connectivity index (χ3v) is 12.3. The van der Waals surface area contributed by atoms with E-state index < -0.39 is 7.26 Å². The minimum absolute atomic E-state index is 0.215. The highest BCUT2D eigenvalue weighted by molar-refractivity contribution is 7.86. The normalized spacial score (nSPS) is 13.8. The van der Waals surface area contributed by atoms with Crippen molar-refractivity contribution in [3.63, 3.8) is 0 Å². The molecule has 1 aromatic heterocycles. The lowest BCUT2D eigenvalue weighted by molar-refractivity contribution is 0.629. The van der Waals surface area contributed by atoms with Crippen molar-refractivity contribution in [2.75, 3.05) is 0 Å². The Kier molecular flexibility index (Phi) is 5.24. The van der Waals surface area contributed by atoms with Gasteiger partial charge in [0.2, 0.25) is 0 Å². The molecule has 0 aliphatic heterocycles. The first-order chi connectivity index (χ1) is 11.3. The second-order valence-electron chi connectivity index (χ2n) is 9.95. The molecular weight excluding hydrogens is 321 g/mol. The summed E-state index contributed by atoms with van der Waals surface area (Å²) in [4.78, 5) is 4.57. The molecule has 136 valence electrons. The number of hydrogen-bond donors (Lipinski definition) is 0. The van der Waals surface area contributed by atoms with Gasteiger partial charge in [0, 0.05) is 11.8 Å². The van der Waals surface area contributed by atoms with Gasteiger partial charge in [0.25, 0.3) is 0 Å². The zero-order chi connectivity index (χ0) is 19.1. The van der Waals surface area contributed by atoms with Gasteiger partial charge in [-0.1, -0.05) is 18.2 Å². The molecule has 25 heavy (non-hydrogen) atoms. The molecule has 0 amide bonds. The molecule has 0 atom stereocenters. The van der Waals surface area contributed by atoms with E-state index in [1.165, 1.54) is 10.9 Å².